The fraction of sp³-hybridized carbons (Fsp3) is 1.00. The maximum atomic E-state index is 6.04. The Morgan fingerprint density at radius 3 is 1.77 bits per heavy atom. The lowest BCUT2D eigenvalue weighted by Crippen LogP contribution is -2.33. The van der Waals surface area contributed by atoms with Crippen molar-refractivity contribution in [2.75, 3.05) is 11.8 Å². The van der Waals surface area contributed by atoms with Crippen LogP contribution in [0.2, 0.25) is 0 Å². The first-order valence-corrected chi connectivity index (χ1v) is 6.21. The Labute approximate surface area is 93.0 Å². The van der Waals surface area contributed by atoms with Crippen LogP contribution < -0.4 is 0 Å². The fourth-order valence-corrected chi connectivity index (χ4v) is 2.65. The van der Waals surface area contributed by atoms with Crippen molar-refractivity contribution in [1.82, 2.24) is 0 Å². The van der Waals surface area contributed by atoms with Crippen LogP contribution in [0.5, 0.6) is 0 Å². The predicted octanol–water partition coefficient (Wildman–Crippen LogP) is 4.54. The summed E-state index contributed by atoms with van der Waals surface area (Å²) in [5.74, 6) is 2.65. The van der Waals surface area contributed by atoms with E-state index in [4.69, 9.17) is 23.2 Å². The fourth-order valence-electron chi connectivity index (χ4n) is 1.53. The van der Waals surface area contributed by atoms with Crippen LogP contribution in [0.25, 0.3) is 0 Å². The molecule has 0 aromatic carbocycles. The summed E-state index contributed by atoms with van der Waals surface area (Å²) < 4.78 is 0. The van der Waals surface area contributed by atoms with Gasteiger partial charge in [0.15, 0.2) is 0 Å². The van der Waals surface area contributed by atoms with Crippen molar-refractivity contribution in [1.29, 1.82) is 0 Å². The molecule has 0 aliphatic rings. The van der Waals surface area contributed by atoms with Crippen molar-refractivity contribution in [2.45, 2.75) is 40.5 Å². The third kappa shape index (κ3) is 3.67. The van der Waals surface area contributed by atoms with Gasteiger partial charge in [-0.3, -0.25) is 0 Å². The van der Waals surface area contributed by atoms with Gasteiger partial charge in [0.25, 0.3) is 0 Å². The van der Waals surface area contributed by atoms with E-state index < -0.39 is 0 Å². The highest BCUT2D eigenvalue weighted by Crippen LogP contribution is 2.37. The minimum absolute atomic E-state index is 0.137. The normalized spacial score (nSPS) is 15.0. The molecule has 0 bridgehead atoms. The van der Waals surface area contributed by atoms with Gasteiger partial charge in [0.2, 0.25) is 0 Å². The molecule has 1 atom stereocenters. The molecular formula is C11H22Cl2. The van der Waals surface area contributed by atoms with Gasteiger partial charge >= 0.3 is 0 Å². The third-order valence-electron chi connectivity index (χ3n) is 3.21. The summed E-state index contributed by atoms with van der Waals surface area (Å²) in [6.45, 7) is 8.93. The average Bonchev–Trinajstić information content (AvgIpc) is 2.13. The largest absolute Gasteiger partial charge is 0.126 e. The molecule has 0 aromatic heterocycles. The average molecular weight is 225 g/mol. The Balaban J connectivity index is 4.38. The Bertz CT molecular complexity index is 128. The summed E-state index contributed by atoms with van der Waals surface area (Å²) in [4.78, 5) is 0. The highest BCUT2D eigenvalue weighted by atomic mass is 35.5. The van der Waals surface area contributed by atoms with E-state index in [0.29, 0.717) is 17.7 Å². The number of hydrogen-bond acceptors (Lipinski definition) is 0. The van der Waals surface area contributed by atoms with E-state index in [2.05, 4.69) is 27.7 Å². The summed E-state index contributed by atoms with van der Waals surface area (Å²) >= 11 is 12.1. The minimum Gasteiger partial charge on any atom is -0.126 e. The van der Waals surface area contributed by atoms with E-state index in [1.807, 2.05) is 0 Å². The van der Waals surface area contributed by atoms with Gasteiger partial charge in [-0.15, -0.1) is 23.2 Å². The molecule has 0 rings (SSSR count). The molecule has 0 amide bonds. The molecule has 2 heteroatoms. The van der Waals surface area contributed by atoms with Crippen LogP contribution >= 0.6 is 23.2 Å². The van der Waals surface area contributed by atoms with Gasteiger partial charge in [-0.05, 0) is 23.7 Å². The van der Waals surface area contributed by atoms with Crippen molar-refractivity contribution in [3.63, 3.8) is 0 Å². The molecule has 0 aliphatic heterocycles. The van der Waals surface area contributed by atoms with Crippen LogP contribution in [-0.4, -0.2) is 11.8 Å². The van der Waals surface area contributed by atoms with Crippen molar-refractivity contribution >= 4 is 23.2 Å². The summed E-state index contributed by atoms with van der Waals surface area (Å²) in [6.07, 6.45) is 2.36. The van der Waals surface area contributed by atoms with Gasteiger partial charge in [-0.2, -0.15) is 0 Å². The SMILES string of the molecule is CCC(C)CC(CCl)(CCl)C(C)C. The second-order valence-electron chi connectivity index (χ2n) is 4.50. The molecule has 1 unspecified atom stereocenters. The van der Waals surface area contributed by atoms with Crippen molar-refractivity contribution in [3.05, 3.63) is 0 Å². The van der Waals surface area contributed by atoms with E-state index in [1.54, 1.807) is 0 Å². The second-order valence-corrected chi connectivity index (χ2v) is 5.04. The molecule has 0 aliphatic carbocycles. The molecule has 0 fully saturated rings. The summed E-state index contributed by atoms with van der Waals surface area (Å²) in [5.41, 5.74) is 0.137. The smallest absolute Gasteiger partial charge is 0.0293 e. The van der Waals surface area contributed by atoms with E-state index in [9.17, 15) is 0 Å². The van der Waals surface area contributed by atoms with E-state index in [1.165, 1.54) is 6.42 Å². The Kier molecular flexibility index (Phi) is 6.41. The predicted molar refractivity (Wildman–Crippen MR) is 62.8 cm³/mol. The van der Waals surface area contributed by atoms with E-state index in [-0.39, 0.29) is 5.41 Å². The zero-order valence-electron chi connectivity index (χ0n) is 9.24. The highest BCUT2D eigenvalue weighted by Gasteiger charge is 2.33. The standard InChI is InChI=1S/C11H22Cl2/c1-5-10(4)6-11(7-12,8-13)9(2)3/h9-10H,5-8H2,1-4H3. The van der Waals surface area contributed by atoms with E-state index in [0.717, 1.165) is 12.3 Å². The van der Waals surface area contributed by atoms with Crippen LogP contribution in [0.15, 0.2) is 0 Å². The number of halogens is 2. The topological polar surface area (TPSA) is 0 Å². The number of hydrogen-bond donors (Lipinski definition) is 0. The first-order valence-electron chi connectivity index (χ1n) is 5.14. The summed E-state index contributed by atoms with van der Waals surface area (Å²) in [6, 6.07) is 0. The van der Waals surface area contributed by atoms with Crippen LogP contribution in [0.1, 0.15) is 40.5 Å². The molecule has 0 nitrogen and oxygen atoms in total. The first-order chi connectivity index (χ1) is 6.02. The van der Waals surface area contributed by atoms with E-state index >= 15 is 0 Å². The Morgan fingerprint density at radius 1 is 1.08 bits per heavy atom. The summed E-state index contributed by atoms with van der Waals surface area (Å²) in [7, 11) is 0. The zero-order valence-corrected chi connectivity index (χ0v) is 10.8. The Morgan fingerprint density at radius 2 is 1.54 bits per heavy atom. The molecule has 0 aromatic rings. The molecule has 13 heavy (non-hydrogen) atoms. The molecule has 0 heterocycles. The lowest BCUT2D eigenvalue weighted by Gasteiger charge is -2.36. The second kappa shape index (κ2) is 6.14. The number of alkyl halides is 2. The Hall–Kier alpha value is 0.580. The zero-order chi connectivity index (χ0) is 10.5. The van der Waals surface area contributed by atoms with Gasteiger partial charge in [0, 0.05) is 11.8 Å². The molecule has 0 radical (unpaired) electrons. The van der Waals surface area contributed by atoms with Gasteiger partial charge in [-0.25, -0.2) is 0 Å². The summed E-state index contributed by atoms with van der Waals surface area (Å²) in [5, 5.41) is 0. The first kappa shape index (κ1) is 13.6. The molecule has 80 valence electrons. The van der Waals surface area contributed by atoms with Crippen LogP contribution in [0.3, 0.4) is 0 Å². The molecule has 0 N–H and O–H groups in total. The van der Waals surface area contributed by atoms with Crippen LogP contribution in [-0.2, 0) is 0 Å². The highest BCUT2D eigenvalue weighted by molar-refractivity contribution is 6.21. The molecular weight excluding hydrogens is 203 g/mol. The lowest BCUT2D eigenvalue weighted by molar-refractivity contribution is 0.200. The molecule has 0 saturated carbocycles. The van der Waals surface area contributed by atoms with Crippen LogP contribution in [0.4, 0.5) is 0 Å². The van der Waals surface area contributed by atoms with Crippen molar-refractivity contribution < 1.29 is 0 Å². The quantitative estimate of drug-likeness (QED) is 0.582. The van der Waals surface area contributed by atoms with Crippen molar-refractivity contribution in [3.8, 4) is 0 Å². The lowest BCUT2D eigenvalue weighted by atomic mass is 9.74. The van der Waals surface area contributed by atoms with Gasteiger partial charge in [0.1, 0.15) is 0 Å². The van der Waals surface area contributed by atoms with Crippen molar-refractivity contribution in [2.24, 2.45) is 17.3 Å². The monoisotopic (exact) mass is 224 g/mol. The minimum atomic E-state index is 0.137. The molecule has 0 saturated heterocycles. The van der Waals surface area contributed by atoms with Crippen LogP contribution in [0, 0.1) is 17.3 Å². The van der Waals surface area contributed by atoms with Gasteiger partial charge in [0.05, 0.1) is 0 Å². The maximum Gasteiger partial charge on any atom is 0.0293 e. The van der Waals surface area contributed by atoms with Gasteiger partial charge in [-0.1, -0.05) is 34.1 Å². The maximum absolute atomic E-state index is 6.04. The van der Waals surface area contributed by atoms with Gasteiger partial charge < -0.3 is 0 Å². The molecule has 0 spiro atoms. The third-order valence-corrected chi connectivity index (χ3v) is 4.27. The number of rotatable bonds is 6.